The lowest BCUT2D eigenvalue weighted by atomic mass is 10.1. The van der Waals surface area contributed by atoms with Crippen molar-refractivity contribution < 1.29 is 14.7 Å². The van der Waals surface area contributed by atoms with E-state index in [-0.39, 0.29) is 18.5 Å². The predicted octanol–water partition coefficient (Wildman–Crippen LogP) is 3.01. The number of carbonyl (C=O) groups is 2. The molecule has 0 saturated carbocycles. The maximum atomic E-state index is 11.9. The average Bonchev–Trinajstić information content (AvgIpc) is 2.37. The first-order valence-electron chi connectivity index (χ1n) is 6.93. The van der Waals surface area contributed by atoms with Gasteiger partial charge < -0.3 is 15.7 Å². The second kappa shape index (κ2) is 8.19. The van der Waals surface area contributed by atoms with E-state index in [4.69, 9.17) is 5.11 Å². The third-order valence-electron chi connectivity index (χ3n) is 3.01. The number of benzene rings is 1. The fourth-order valence-electron chi connectivity index (χ4n) is 2.01. The number of rotatable bonds is 7. The zero-order chi connectivity index (χ0) is 15.0. The second-order valence-electron chi connectivity index (χ2n) is 4.76. The van der Waals surface area contributed by atoms with Crippen LogP contribution in [0.4, 0.5) is 10.5 Å². The SMILES string of the molecule is CCCC(CC)NC(=O)Nc1cccc(CC(=O)O)c1. The Kier molecular flexibility index (Phi) is 6.56. The fourth-order valence-corrected chi connectivity index (χ4v) is 2.01. The molecule has 3 N–H and O–H groups in total. The Hall–Kier alpha value is -2.04. The largest absolute Gasteiger partial charge is 0.481 e. The van der Waals surface area contributed by atoms with Gasteiger partial charge in [0.15, 0.2) is 0 Å². The van der Waals surface area contributed by atoms with Crippen LogP contribution < -0.4 is 10.6 Å². The maximum Gasteiger partial charge on any atom is 0.319 e. The average molecular weight is 278 g/mol. The Morgan fingerprint density at radius 3 is 2.65 bits per heavy atom. The van der Waals surface area contributed by atoms with E-state index in [1.54, 1.807) is 24.3 Å². The van der Waals surface area contributed by atoms with Crippen molar-refractivity contribution in [1.29, 1.82) is 0 Å². The normalized spacial score (nSPS) is 11.7. The van der Waals surface area contributed by atoms with Crippen LogP contribution in [0.15, 0.2) is 24.3 Å². The molecule has 0 aromatic heterocycles. The van der Waals surface area contributed by atoms with Gasteiger partial charge >= 0.3 is 12.0 Å². The molecule has 0 saturated heterocycles. The van der Waals surface area contributed by atoms with E-state index in [2.05, 4.69) is 17.6 Å². The number of amides is 2. The molecule has 20 heavy (non-hydrogen) atoms. The summed E-state index contributed by atoms with van der Waals surface area (Å²) in [4.78, 5) is 22.5. The van der Waals surface area contributed by atoms with Gasteiger partial charge in [0.2, 0.25) is 0 Å². The standard InChI is InChI=1S/C15H22N2O3/c1-3-6-12(4-2)16-15(20)17-13-8-5-7-11(9-13)10-14(18)19/h5,7-9,12H,3-4,6,10H2,1-2H3,(H,18,19)(H2,16,17,20). The van der Waals surface area contributed by atoms with E-state index < -0.39 is 5.97 Å². The fraction of sp³-hybridized carbons (Fsp3) is 0.467. The van der Waals surface area contributed by atoms with Gasteiger partial charge in [0.25, 0.3) is 0 Å². The van der Waals surface area contributed by atoms with Crippen LogP contribution in [0.5, 0.6) is 0 Å². The molecule has 0 heterocycles. The molecule has 1 aromatic rings. The monoisotopic (exact) mass is 278 g/mol. The number of carbonyl (C=O) groups excluding carboxylic acids is 1. The zero-order valence-electron chi connectivity index (χ0n) is 12.0. The molecule has 2 amide bonds. The molecule has 0 spiro atoms. The minimum atomic E-state index is -0.888. The Labute approximate surface area is 119 Å². The topological polar surface area (TPSA) is 78.4 Å². The number of carboxylic acids is 1. The van der Waals surface area contributed by atoms with Crippen molar-refractivity contribution in [2.75, 3.05) is 5.32 Å². The number of anilines is 1. The second-order valence-corrected chi connectivity index (χ2v) is 4.76. The van der Waals surface area contributed by atoms with Gasteiger partial charge in [-0.25, -0.2) is 4.79 Å². The van der Waals surface area contributed by atoms with Gasteiger partial charge in [-0.1, -0.05) is 32.4 Å². The summed E-state index contributed by atoms with van der Waals surface area (Å²) in [5.41, 5.74) is 1.27. The maximum absolute atomic E-state index is 11.9. The summed E-state index contributed by atoms with van der Waals surface area (Å²) in [5.74, 6) is -0.888. The van der Waals surface area contributed by atoms with Crippen molar-refractivity contribution in [3.63, 3.8) is 0 Å². The van der Waals surface area contributed by atoms with Crippen LogP contribution in [0.25, 0.3) is 0 Å². The summed E-state index contributed by atoms with van der Waals surface area (Å²) in [7, 11) is 0. The summed E-state index contributed by atoms with van der Waals surface area (Å²) in [6, 6.07) is 6.79. The number of hydrogen-bond acceptors (Lipinski definition) is 2. The lowest BCUT2D eigenvalue weighted by Crippen LogP contribution is -2.37. The highest BCUT2D eigenvalue weighted by atomic mass is 16.4. The molecule has 110 valence electrons. The van der Waals surface area contributed by atoms with E-state index in [9.17, 15) is 9.59 Å². The highest BCUT2D eigenvalue weighted by Gasteiger charge is 2.09. The highest BCUT2D eigenvalue weighted by molar-refractivity contribution is 5.89. The summed E-state index contributed by atoms with van der Waals surface area (Å²) >= 11 is 0. The van der Waals surface area contributed by atoms with Crippen LogP contribution in [0, 0.1) is 0 Å². The first-order valence-corrected chi connectivity index (χ1v) is 6.93. The molecule has 1 rings (SSSR count). The van der Waals surface area contributed by atoms with E-state index >= 15 is 0 Å². The molecule has 1 unspecified atom stereocenters. The predicted molar refractivity (Wildman–Crippen MR) is 78.9 cm³/mol. The Morgan fingerprint density at radius 1 is 1.30 bits per heavy atom. The van der Waals surface area contributed by atoms with Gasteiger partial charge in [-0.05, 0) is 30.5 Å². The number of hydrogen-bond donors (Lipinski definition) is 3. The van der Waals surface area contributed by atoms with Gasteiger partial charge in [0.05, 0.1) is 6.42 Å². The van der Waals surface area contributed by atoms with Crippen molar-refractivity contribution in [2.45, 2.75) is 45.6 Å². The quantitative estimate of drug-likeness (QED) is 0.717. The third kappa shape index (κ3) is 5.73. The minimum absolute atomic E-state index is 0.0510. The highest BCUT2D eigenvalue weighted by Crippen LogP contribution is 2.11. The van der Waals surface area contributed by atoms with Crippen LogP contribution in [-0.2, 0) is 11.2 Å². The Balaban J connectivity index is 2.59. The Bertz CT molecular complexity index is 460. The number of nitrogens with one attached hydrogen (secondary N) is 2. The van der Waals surface area contributed by atoms with Gasteiger partial charge in [0, 0.05) is 11.7 Å². The Morgan fingerprint density at radius 2 is 2.05 bits per heavy atom. The van der Waals surface area contributed by atoms with Crippen LogP contribution in [-0.4, -0.2) is 23.1 Å². The zero-order valence-corrected chi connectivity index (χ0v) is 12.0. The van der Waals surface area contributed by atoms with Crippen molar-refractivity contribution in [3.8, 4) is 0 Å². The third-order valence-corrected chi connectivity index (χ3v) is 3.01. The van der Waals surface area contributed by atoms with Gasteiger partial charge in [0.1, 0.15) is 0 Å². The first kappa shape index (κ1) is 16.0. The summed E-state index contributed by atoms with van der Waals surface area (Å²) in [6.45, 7) is 4.12. The molecule has 0 aliphatic carbocycles. The number of urea groups is 1. The number of aliphatic carboxylic acids is 1. The molecule has 0 bridgehead atoms. The van der Waals surface area contributed by atoms with Crippen molar-refractivity contribution >= 4 is 17.7 Å². The smallest absolute Gasteiger partial charge is 0.319 e. The van der Waals surface area contributed by atoms with E-state index in [1.807, 2.05) is 6.92 Å². The molecule has 1 aromatic carbocycles. The summed E-state index contributed by atoms with van der Waals surface area (Å²) in [6.07, 6.45) is 2.81. The molecule has 1 atom stereocenters. The van der Waals surface area contributed by atoms with Crippen LogP contribution >= 0.6 is 0 Å². The molecule has 5 nitrogen and oxygen atoms in total. The van der Waals surface area contributed by atoms with Crippen molar-refractivity contribution in [1.82, 2.24) is 5.32 Å². The van der Waals surface area contributed by atoms with Gasteiger partial charge in [-0.15, -0.1) is 0 Å². The molecular weight excluding hydrogens is 256 g/mol. The van der Waals surface area contributed by atoms with E-state index in [0.717, 1.165) is 19.3 Å². The molecule has 0 aliphatic heterocycles. The minimum Gasteiger partial charge on any atom is -0.481 e. The summed E-state index contributed by atoms with van der Waals surface area (Å²) < 4.78 is 0. The molecular formula is C15H22N2O3. The van der Waals surface area contributed by atoms with E-state index in [1.165, 1.54) is 0 Å². The van der Waals surface area contributed by atoms with Crippen molar-refractivity contribution in [2.24, 2.45) is 0 Å². The molecule has 5 heteroatoms. The van der Waals surface area contributed by atoms with Gasteiger partial charge in [-0.2, -0.15) is 0 Å². The molecule has 0 radical (unpaired) electrons. The lowest BCUT2D eigenvalue weighted by Gasteiger charge is -2.16. The molecule has 0 fully saturated rings. The van der Waals surface area contributed by atoms with Gasteiger partial charge in [-0.3, -0.25) is 4.79 Å². The van der Waals surface area contributed by atoms with E-state index in [0.29, 0.717) is 11.3 Å². The van der Waals surface area contributed by atoms with Crippen LogP contribution in [0.1, 0.15) is 38.7 Å². The van der Waals surface area contributed by atoms with Crippen LogP contribution in [0.3, 0.4) is 0 Å². The lowest BCUT2D eigenvalue weighted by molar-refractivity contribution is -0.136. The first-order chi connectivity index (χ1) is 9.55. The molecule has 0 aliphatic rings. The van der Waals surface area contributed by atoms with Crippen molar-refractivity contribution in [3.05, 3.63) is 29.8 Å². The van der Waals surface area contributed by atoms with Crippen LogP contribution in [0.2, 0.25) is 0 Å². The summed E-state index contributed by atoms with van der Waals surface area (Å²) in [5, 5.41) is 14.4. The number of carboxylic acid groups (broad SMARTS) is 1.